The summed E-state index contributed by atoms with van der Waals surface area (Å²) in [4.78, 5) is 32.3. The number of thiophene rings is 1. The third-order valence-electron chi connectivity index (χ3n) is 4.39. The molecule has 1 aromatic carbocycles. The van der Waals surface area contributed by atoms with E-state index in [2.05, 4.69) is 6.58 Å². The Hall–Kier alpha value is -2.38. The fourth-order valence-electron chi connectivity index (χ4n) is 2.89. The van der Waals surface area contributed by atoms with E-state index in [1.807, 2.05) is 44.2 Å². The number of aromatic nitrogens is 2. The first-order valence-electron chi connectivity index (χ1n) is 8.97. The van der Waals surface area contributed by atoms with E-state index in [1.54, 1.807) is 17.6 Å². The molecule has 5 nitrogen and oxygen atoms in total. The number of esters is 1. The van der Waals surface area contributed by atoms with Gasteiger partial charge in [-0.15, -0.1) is 17.9 Å². The molecule has 0 N–H and O–H groups in total. The first-order chi connectivity index (χ1) is 13.5. The molecule has 146 valence electrons. The molecule has 0 bridgehead atoms. The third-order valence-corrected chi connectivity index (χ3v) is 6.72. The molecule has 0 aliphatic carbocycles. The normalized spacial score (nSPS) is 12.1. The number of benzene rings is 1. The summed E-state index contributed by atoms with van der Waals surface area (Å²) in [5.41, 5.74) is 1.66. The van der Waals surface area contributed by atoms with Crippen LogP contribution in [0.5, 0.6) is 0 Å². The maximum atomic E-state index is 13.1. The largest absolute Gasteiger partial charge is 0.465 e. The van der Waals surface area contributed by atoms with Crippen molar-refractivity contribution in [1.82, 2.24) is 9.55 Å². The van der Waals surface area contributed by atoms with Crippen molar-refractivity contribution in [2.45, 2.75) is 37.7 Å². The van der Waals surface area contributed by atoms with E-state index in [-0.39, 0.29) is 18.1 Å². The average molecular weight is 415 g/mol. The van der Waals surface area contributed by atoms with Gasteiger partial charge in [0.15, 0.2) is 5.16 Å². The van der Waals surface area contributed by atoms with Crippen LogP contribution in [0.2, 0.25) is 0 Å². The van der Waals surface area contributed by atoms with Gasteiger partial charge < -0.3 is 4.74 Å². The van der Waals surface area contributed by atoms with Gasteiger partial charge in [-0.2, -0.15) is 0 Å². The summed E-state index contributed by atoms with van der Waals surface area (Å²) < 4.78 is 6.86. The van der Waals surface area contributed by atoms with Gasteiger partial charge in [0, 0.05) is 11.4 Å². The maximum absolute atomic E-state index is 13.1. The van der Waals surface area contributed by atoms with Crippen LogP contribution in [0.3, 0.4) is 0 Å². The van der Waals surface area contributed by atoms with E-state index in [4.69, 9.17) is 9.72 Å². The number of thioether (sulfide) groups is 1. The molecule has 3 aromatic rings. The number of carbonyl (C=O) groups excluding carboxylic acids is 1. The van der Waals surface area contributed by atoms with Crippen molar-refractivity contribution in [3.63, 3.8) is 0 Å². The van der Waals surface area contributed by atoms with Gasteiger partial charge in [0.25, 0.3) is 5.56 Å². The van der Waals surface area contributed by atoms with Crippen LogP contribution in [-0.4, -0.2) is 22.1 Å². The highest BCUT2D eigenvalue weighted by Gasteiger charge is 2.26. The SMILES string of the molecule is C=CCn1c(S[C@H](C(=O)OCC)c2ccccc2)nc2sc(C)c(C)c2c1=O. The number of carbonyl (C=O) groups is 1. The zero-order chi connectivity index (χ0) is 20.3. The number of allylic oxidation sites excluding steroid dienone is 1. The van der Waals surface area contributed by atoms with Crippen molar-refractivity contribution in [3.8, 4) is 0 Å². The summed E-state index contributed by atoms with van der Waals surface area (Å²) in [7, 11) is 0. The Labute approximate surface area is 172 Å². The van der Waals surface area contributed by atoms with Gasteiger partial charge in [0.05, 0.1) is 12.0 Å². The Morgan fingerprint density at radius 3 is 2.71 bits per heavy atom. The lowest BCUT2D eigenvalue weighted by Gasteiger charge is -2.17. The lowest BCUT2D eigenvalue weighted by molar-refractivity contribution is -0.142. The second-order valence-electron chi connectivity index (χ2n) is 6.22. The average Bonchev–Trinajstić information content (AvgIpc) is 2.97. The summed E-state index contributed by atoms with van der Waals surface area (Å²) in [6.07, 6.45) is 1.66. The van der Waals surface area contributed by atoms with Gasteiger partial charge in [-0.3, -0.25) is 14.2 Å². The minimum atomic E-state index is -0.608. The summed E-state index contributed by atoms with van der Waals surface area (Å²) >= 11 is 2.73. The molecule has 0 radical (unpaired) electrons. The van der Waals surface area contributed by atoms with E-state index < -0.39 is 5.25 Å². The Morgan fingerprint density at radius 1 is 1.36 bits per heavy atom. The molecule has 28 heavy (non-hydrogen) atoms. The molecule has 0 fully saturated rings. The Kier molecular flexibility index (Phi) is 6.36. The molecule has 0 amide bonds. The molecule has 0 aliphatic heterocycles. The highest BCUT2D eigenvalue weighted by molar-refractivity contribution is 8.00. The van der Waals surface area contributed by atoms with Crippen LogP contribution in [0.4, 0.5) is 0 Å². The van der Waals surface area contributed by atoms with Crippen LogP contribution in [-0.2, 0) is 16.1 Å². The zero-order valence-electron chi connectivity index (χ0n) is 16.1. The molecular weight excluding hydrogens is 392 g/mol. The number of hydrogen-bond donors (Lipinski definition) is 0. The summed E-state index contributed by atoms with van der Waals surface area (Å²) in [6, 6.07) is 9.40. The van der Waals surface area contributed by atoms with Crippen LogP contribution in [0.25, 0.3) is 10.2 Å². The number of hydrogen-bond acceptors (Lipinski definition) is 6. The molecule has 0 aliphatic rings. The van der Waals surface area contributed by atoms with Crippen molar-refractivity contribution in [3.05, 3.63) is 69.3 Å². The lowest BCUT2D eigenvalue weighted by Crippen LogP contribution is -2.24. The van der Waals surface area contributed by atoms with E-state index in [0.717, 1.165) is 16.0 Å². The monoisotopic (exact) mass is 414 g/mol. The Morgan fingerprint density at radius 2 is 2.07 bits per heavy atom. The van der Waals surface area contributed by atoms with Crippen molar-refractivity contribution in [2.75, 3.05) is 6.61 Å². The fraction of sp³-hybridized carbons (Fsp3) is 0.286. The van der Waals surface area contributed by atoms with Crippen molar-refractivity contribution < 1.29 is 9.53 Å². The smallest absolute Gasteiger partial charge is 0.324 e. The Balaban J connectivity index is 2.14. The molecule has 0 spiro atoms. The van der Waals surface area contributed by atoms with Crippen molar-refractivity contribution in [1.29, 1.82) is 0 Å². The predicted molar refractivity (Wildman–Crippen MR) is 115 cm³/mol. The molecular formula is C21H22N2O3S2. The highest BCUT2D eigenvalue weighted by Crippen LogP contribution is 2.37. The van der Waals surface area contributed by atoms with E-state index >= 15 is 0 Å². The number of aryl methyl sites for hydroxylation is 2. The molecule has 2 aromatic heterocycles. The molecule has 2 heterocycles. The number of fused-ring (bicyclic) bond motifs is 1. The second-order valence-corrected chi connectivity index (χ2v) is 8.50. The standard InChI is InChI=1S/C21H22N2O3S2/c1-5-12-23-19(24)16-13(3)14(4)27-18(16)22-21(23)28-17(20(25)26-6-2)15-10-8-7-9-11-15/h5,7-11,17H,1,6,12H2,2-4H3/t17-/m0/s1. The number of rotatable bonds is 7. The fourth-order valence-corrected chi connectivity index (χ4v) is 5.07. The van der Waals surface area contributed by atoms with Gasteiger partial charge in [-0.1, -0.05) is 48.2 Å². The van der Waals surface area contributed by atoms with Crippen LogP contribution < -0.4 is 5.56 Å². The molecule has 0 saturated carbocycles. The van der Waals surface area contributed by atoms with Gasteiger partial charge >= 0.3 is 5.97 Å². The summed E-state index contributed by atoms with van der Waals surface area (Å²) in [5.74, 6) is -0.350. The van der Waals surface area contributed by atoms with Crippen molar-refractivity contribution in [2.24, 2.45) is 0 Å². The topological polar surface area (TPSA) is 61.2 Å². The summed E-state index contributed by atoms with van der Waals surface area (Å²) in [6.45, 7) is 10.1. The molecule has 3 rings (SSSR count). The maximum Gasteiger partial charge on any atom is 0.324 e. The van der Waals surface area contributed by atoms with Gasteiger partial charge in [0.1, 0.15) is 10.1 Å². The molecule has 0 saturated heterocycles. The van der Waals surface area contributed by atoms with Gasteiger partial charge in [-0.05, 0) is 31.9 Å². The van der Waals surface area contributed by atoms with E-state index in [9.17, 15) is 9.59 Å². The van der Waals surface area contributed by atoms with E-state index in [1.165, 1.54) is 23.1 Å². The zero-order valence-corrected chi connectivity index (χ0v) is 17.7. The first-order valence-corrected chi connectivity index (χ1v) is 10.7. The predicted octanol–water partition coefficient (Wildman–Crippen LogP) is 4.66. The van der Waals surface area contributed by atoms with Crippen LogP contribution in [0.15, 0.2) is 52.9 Å². The molecule has 7 heteroatoms. The van der Waals surface area contributed by atoms with Crippen LogP contribution in [0, 0.1) is 13.8 Å². The minimum absolute atomic E-state index is 0.107. The number of ether oxygens (including phenoxy) is 1. The van der Waals surface area contributed by atoms with Crippen LogP contribution >= 0.6 is 23.1 Å². The summed E-state index contributed by atoms with van der Waals surface area (Å²) in [5, 5.41) is 0.519. The molecule has 0 unspecified atom stereocenters. The number of nitrogens with zero attached hydrogens (tertiary/aromatic N) is 2. The second kappa shape index (κ2) is 8.75. The van der Waals surface area contributed by atoms with Crippen molar-refractivity contribution >= 4 is 39.3 Å². The highest BCUT2D eigenvalue weighted by atomic mass is 32.2. The van der Waals surface area contributed by atoms with Gasteiger partial charge in [0.2, 0.25) is 0 Å². The van der Waals surface area contributed by atoms with Crippen LogP contribution in [0.1, 0.15) is 28.2 Å². The quantitative estimate of drug-likeness (QED) is 0.244. The Bertz CT molecular complexity index is 1070. The lowest BCUT2D eigenvalue weighted by atomic mass is 10.1. The van der Waals surface area contributed by atoms with E-state index in [0.29, 0.717) is 21.9 Å². The third kappa shape index (κ3) is 3.91. The minimum Gasteiger partial charge on any atom is -0.465 e. The molecule has 1 atom stereocenters. The first kappa shape index (κ1) is 20.4. The van der Waals surface area contributed by atoms with Gasteiger partial charge in [-0.25, -0.2) is 4.98 Å².